The van der Waals surface area contributed by atoms with Crippen LogP contribution in [0.25, 0.3) is 0 Å². The van der Waals surface area contributed by atoms with Gasteiger partial charge >= 0.3 is 5.97 Å². The van der Waals surface area contributed by atoms with Gasteiger partial charge in [-0.1, -0.05) is 60.7 Å². The molecule has 4 heteroatoms. The Morgan fingerprint density at radius 1 is 0.944 bits per heavy atom. The van der Waals surface area contributed by atoms with Gasteiger partial charge in [0, 0.05) is 11.1 Å². The first-order valence-corrected chi connectivity index (χ1v) is 5.67. The van der Waals surface area contributed by atoms with Crippen molar-refractivity contribution in [3.63, 3.8) is 0 Å². The van der Waals surface area contributed by atoms with Gasteiger partial charge in [0.1, 0.15) is 0 Å². The van der Waals surface area contributed by atoms with Crippen LogP contribution in [-0.4, -0.2) is 11.1 Å². The molecule has 0 amide bonds. The van der Waals surface area contributed by atoms with E-state index in [0.717, 1.165) is 0 Å². The third kappa shape index (κ3) is 1.98. The molecule has 2 aromatic rings. The maximum Gasteiger partial charge on any atom is 0.347 e. The van der Waals surface area contributed by atoms with E-state index in [1.165, 1.54) is 0 Å². The molecule has 0 heterocycles. The summed E-state index contributed by atoms with van der Waals surface area (Å²) in [6.45, 7) is 0. The molecule has 3 nitrogen and oxygen atoms in total. The number of carboxylic acid groups (broad SMARTS) is 1. The molecule has 0 spiro atoms. The lowest BCUT2D eigenvalue weighted by molar-refractivity contribution is -0.152. The van der Waals surface area contributed by atoms with Gasteiger partial charge in [-0.2, -0.15) is 0 Å². The average molecular weight is 263 g/mol. The quantitative estimate of drug-likeness (QED) is 0.920. The van der Waals surface area contributed by atoms with Gasteiger partial charge in [-0.25, -0.2) is 4.79 Å². The normalized spacial score (nSPS) is 11.2. The molecule has 0 bridgehead atoms. The first kappa shape index (κ1) is 12.6. The Morgan fingerprint density at radius 3 is 1.61 bits per heavy atom. The van der Waals surface area contributed by atoms with Crippen LogP contribution in [0.2, 0.25) is 0 Å². The Morgan fingerprint density at radius 2 is 1.33 bits per heavy atom. The topological polar surface area (TPSA) is 46.5 Å². The Labute approximate surface area is 110 Å². The zero-order valence-corrected chi connectivity index (χ0v) is 10.2. The van der Waals surface area contributed by atoms with Crippen LogP contribution in [0.1, 0.15) is 11.1 Å². The van der Waals surface area contributed by atoms with E-state index in [9.17, 15) is 9.90 Å². The molecule has 1 N–H and O–H groups in total. The van der Waals surface area contributed by atoms with Gasteiger partial charge in [-0.3, -0.25) is 4.29 Å². The van der Waals surface area contributed by atoms with Crippen LogP contribution >= 0.6 is 11.9 Å². The summed E-state index contributed by atoms with van der Waals surface area (Å²) in [5, 5.41) is 9.52. The second-order valence-corrected chi connectivity index (χ2v) is 3.95. The highest BCUT2D eigenvalue weighted by atomic mass is 35.5. The predicted molar refractivity (Wildman–Crippen MR) is 68.2 cm³/mol. The van der Waals surface area contributed by atoms with Crippen LogP contribution in [0.4, 0.5) is 0 Å². The molecule has 0 saturated heterocycles. The molecule has 0 unspecified atom stereocenters. The van der Waals surface area contributed by atoms with Crippen LogP contribution in [0.3, 0.4) is 0 Å². The van der Waals surface area contributed by atoms with Gasteiger partial charge in [0.2, 0.25) is 5.60 Å². The van der Waals surface area contributed by atoms with Crippen molar-refractivity contribution in [2.24, 2.45) is 0 Å². The second kappa shape index (κ2) is 5.21. The smallest absolute Gasteiger partial charge is 0.347 e. The second-order valence-electron chi connectivity index (χ2n) is 3.80. The van der Waals surface area contributed by atoms with Crippen molar-refractivity contribution in [2.45, 2.75) is 5.60 Å². The van der Waals surface area contributed by atoms with Crippen molar-refractivity contribution in [3.8, 4) is 0 Å². The zero-order valence-electron chi connectivity index (χ0n) is 9.42. The number of carboxylic acids is 1. The molecule has 0 radical (unpaired) electrons. The Bertz CT molecular complexity index is 486. The number of rotatable bonds is 4. The number of carbonyl (C=O) groups is 1. The summed E-state index contributed by atoms with van der Waals surface area (Å²) in [5.74, 6) is -1.16. The lowest BCUT2D eigenvalue weighted by atomic mass is 9.86. The highest BCUT2D eigenvalue weighted by Gasteiger charge is 2.44. The fourth-order valence-electron chi connectivity index (χ4n) is 1.88. The van der Waals surface area contributed by atoms with Gasteiger partial charge in [0.05, 0.1) is 11.9 Å². The van der Waals surface area contributed by atoms with E-state index in [0.29, 0.717) is 11.1 Å². The molecule has 0 saturated carbocycles. The molecule has 0 atom stereocenters. The fourth-order valence-corrected chi connectivity index (χ4v) is 2.13. The Balaban J connectivity index is 2.65. The fraction of sp³-hybridized carbons (Fsp3) is 0.0714. The first-order valence-electron chi connectivity index (χ1n) is 5.36. The molecular formula is C14H11ClO3. The van der Waals surface area contributed by atoms with Crippen molar-refractivity contribution in [2.75, 3.05) is 0 Å². The Hall–Kier alpha value is -1.84. The van der Waals surface area contributed by atoms with Crippen LogP contribution in [0.5, 0.6) is 0 Å². The van der Waals surface area contributed by atoms with Crippen molar-refractivity contribution in [1.29, 1.82) is 0 Å². The number of halogens is 1. The van der Waals surface area contributed by atoms with Gasteiger partial charge in [-0.15, -0.1) is 0 Å². The first-order chi connectivity index (χ1) is 8.71. The monoisotopic (exact) mass is 262 g/mol. The van der Waals surface area contributed by atoms with Gasteiger partial charge in [0.15, 0.2) is 0 Å². The summed E-state index contributed by atoms with van der Waals surface area (Å²) in [6.07, 6.45) is 0. The van der Waals surface area contributed by atoms with Crippen LogP contribution < -0.4 is 0 Å². The number of hydrogen-bond donors (Lipinski definition) is 1. The minimum atomic E-state index is -1.69. The SMILES string of the molecule is O=C(O)C(OCl)(c1ccccc1)c1ccccc1. The predicted octanol–water partition coefficient (Wildman–Crippen LogP) is 3.19. The van der Waals surface area contributed by atoms with Gasteiger partial charge in [0.25, 0.3) is 0 Å². The molecule has 0 aliphatic rings. The van der Waals surface area contributed by atoms with Gasteiger partial charge in [-0.05, 0) is 0 Å². The lowest BCUT2D eigenvalue weighted by Crippen LogP contribution is -2.37. The van der Waals surface area contributed by atoms with Crippen LogP contribution in [0, 0.1) is 0 Å². The maximum atomic E-state index is 11.6. The van der Waals surface area contributed by atoms with E-state index in [2.05, 4.69) is 0 Å². The molecule has 2 rings (SSSR count). The molecule has 0 aromatic heterocycles. The number of aliphatic carboxylic acids is 1. The molecular weight excluding hydrogens is 252 g/mol. The van der Waals surface area contributed by atoms with Crippen molar-refractivity contribution in [1.82, 2.24) is 0 Å². The molecule has 0 aliphatic heterocycles. The average Bonchev–Trinajstić information content (AvgIpc) is 2.42. The Kier molecular flexibility index (Phi) is 3.65. The summed E-state index contributed by atoms with van der Waals surface area (Å²) in [7, 11) is 0. The number of hydrogen-bond acceptors (Lipinski definition) is 2. The third-order valence-electron chi connectivity index (χ3n) is 2.78. The highest BCUT2D eigenvalue weighted by molar-refractivity contribution is 6.09. The zero-order chi connectivity index (χ0) is 13.0. The van der Waals surface area contributed by atoms with E-state index >= 15 is 0 Å². The minimum absolute atomic E-state index is 0.471. The summed E-state index contributed by atoms with van der Waals surface area (Å²) in [4.78, 5) is 11.6. The van der Waals surface area contributed by atoms with E-state index in [4.69, 9.17) is 16.2 Å². The van der Waals surface area contributed by atoms with Crippen molar-refractivity contribution in [3.05, 3.63) is 71.8 Å². The lowest BCUT2D eigenvalue weighted by Gasteiger charge is -2.26. The van der Waals surface area contributed by atoms with E-state index < -0.39 is 11.6 Å². The van der Waals surface area contributed by atoms with Crippen molar-refractivity contribution < 1.29 is 14.2 Å². The van der Waals surface area contributed by atoms with E-state index in [-0.39, 0.29) is 0 Å². The molecule has 92 valence electrons. The highest BCUT2D eigenvalue weighted by Crippen LogP contribution is 2.35. The summed E-state index contributed by atoms with van der Waals surface area (Å²) >= 11 is 5.51. The van der Waals surface area contributed by atoms with Gasteiger partial charge < -0.3 is 5.11 Å². The van der Waals surface area contributed by atoms with Crippen LogP contribution in [0.15, 0.2) is 60.7 Å². The van der Waals surface area contributed by atoms with Crippen molar-refractivity contribution >= 4 is 17.8 Å². The van der Waals surface area contributed by atoms with E-state index in [1.54, 1.807) is 60.7 Å². The summed E-state index contributed by atoms with van der Waals surface area (Å²) < 4.78 is 4.84. The van der Waals surface area contributed by atoms with E-state index in [1.807, 2.05) is 0 Å². The summed E-state index contributed by atoms with van der Waals surface area (Å²) in [5.41, 5.74) is -0.748. The molecule has 2 aromatic carbocycles. The standard InChI is InChI=1S/C14H11ClO3/c15-18-14(13(16)17,11-7-3-1-4-8-11)12-9-5-2-6-10-12/h1-10H,(H,16,17). The molecule has 0 fully saturated rings. The maximum absolute atomic E-state index is 11.6. The summed E-state index contributed by atoms with van der Waals surface area (Å²) in [6, 6.07) is 17.3. The van der Waals surface area contributed by atoms with Crippen LogP contribution in [-0.2, 0) is 14.7 Å². The number of benzene rings is 2. The largest absolute Gasteiger partial charge is 0.479 e. The third-order valence-corrected chi connectivity index (χ3v) is 3.01. The molecule has 0 aliphatic carbocycles. The minimum Gasteiger partial charge on any atom is -0.479 e. The molecule has 18 heavy (non-hydrogen) atoms.